The number of ether oxygens (including phenoxy) is 1. The molecule has 4 rings (SSSR count). The lowest BCUT2D eigenvalue weighted by Gasteiger charge is -2.31. The van der Waals surface area contributed by atoms with Crippen LogP contribution < -0.4 is 4.90 Å². The molecule has 23 heavy (non-hydrogen) atoms. The first-order valence-corrected chi connectivity index (χ1v) is 9.03. The van der Waals surface area contributed by atoms with Crippen LogP contribution in [0.15, 0.2) is 29.8 Å². The maximum atomic E-state index is 5.87. The molecule has 1 atom stereocenters. The summed E-state index contributed by atoms with van der Waals surface area (Å²) in [5, 5.41) is 13.4. The second-order valence-electron chi connectivity index (χ2n) is 5.24. The van der Waals surface area contributed by atoms with Gasteiger partial charge in [-0.15, -0.1) is 21.5 Å². The summed E-state index contributed by atoms with van der Waals surface area (Å²) in [6.45, 7) is 4.24. The molecule has 4 heterocycles. The first kappa shape index (κ1) is 14.7. The normalized spacial score (nSPS) is 18.3. The molecule has 118 valence electrons. The van der Waals surface area contributed by atoms with Crippen molar-refractivity contribution in [1.29, 1.82) is 0 Å². The van der Waals surface area contributed by atoms with Crippen molar-refractivity contribution in [2.24, 2.45) is 0 Å². The molecule has 0 aromatic carbocycles. The van der Waals surface area contributed by atoms with Crippen molar-refractivity contribution in [3.8, 4) is 10.7 Å². The molecular formula is C15H15N5OS2. The fraction of sp³-hybridized carbons (Fsp3) is 0.333. The molecule has 0 N–H and O–H groups in total. The molecule has 0 amide bonds. The van der Waals surface area contributed by atoms with Crippen molar-refractivity contribution >= 4 is 27.8 Å². The van der Waals surface area contributed by atoms with Crippen LogP contribution in [-0.2, 0) is 4.74 Å². The van der Waals surface area contributed by atoms with Gasteiger partial charge in [-0.25, -0.2) is 4.98 Å². The Morgan fingerprint density at radius 1 is 1.30 bits per heavy atom. The third-order valence-corrected chi connectivity index (χ3v) is 5.61. The van der Waals surface area contributed by atoms with Crippen LogP contribution >= 0.6 is 22.7 Å². The van der Waals surface area contributed by atoms with E-state index < -0.39 is 0 Å². The Labute approximate surface area is 141 Å². The number of aromatic nitrogens is 4. The van der Waals surface area contributed by atoms with Crippen molar-refractivity contribution in [1.82, 2.24) is 20.2 Å². The van der Waals surface area contributed by atoms with Crippen molar-refractivity contribution in [2.45, 2.75) is 13.0 Å². The highest BCUT2D eigenvalue weighted by molar-refractivity contribution is 7.18. The molecule has 1 aliphatic heterocycles. The Hall–Kier alpha value is -1.90. The van der Waals surface area contributed by atoms with Gasteiger partial charge >= 0.3 is 0 Å². The number of aryl methyl sites for hydroxylation is 1. The minimum Gasteiger partial charge on any atom is -0.367 e. The van der Waals surface area contributed by atoms with E-state index in [1.165, 1.54) is 0 Å². The van der Waals surface area contributed by atoms with Crippen LogP contribution in [0.3, 0.4) is 0 Å². The van der Waals surface area contributed by atoms with Gasteiger partial charge in [-0.2, -0.15) is 0 Å². The number of thiazole rings is 1. The first-order valence-electron chi connectivity index (χ1n) is 7.33. The molecule has 1 unspecified atom stereocenters. The standard InChI is InChI=1S/C15H15N5OS2/c1-10-9-22-14(17-10)12-8-20(6-7-21-12)15-19-18-13(23-15)11-4-2-3-5-16-11/h2-5,9,12H,6-8H2,1H3. The molecule has 0 spiro atoms. The number of anilines is 1. The highest BCUT2D eigenvalue weighted by atomic mass is 32.1. The number of hydrogen-bond donors (Lipinski definition) is 0. The van der Waals surface area contributed by atoms with E-state index >= 15 is 0 Å². The molecule has 6 nitrogen and oxygen atoms in total. The highest BCUT2D eigenvalue weighted by Gasteiger charge is 2.26. The van der Waals surface area contributed by atoms with E-state index in [0.29, 0.717) is 6.61 Å². The van der Waals surface area contributed by atoms with Crippen LogP contribution in [0.1, 0.15) is 16.8 Å². The van der Waals surface area contributed by atoms with Gasteiger partial charge < -0.3 is 9.64 Å². The summed E-state index contributed by atoms with van der Waals surface area (Å²) in [5.41, 5.74) is 1.90. The Morgan fingerprint density at radius 2 is 2.26 bits per heavy atom. The third kappa shape index (κ3) is 3.10. The molecular weight excluding hydrogens is 330 g/mol. The van der Waals surface area contributed by atoms with Gasteiger partial charge in [0.05, 0.1) is 13.2 Å². The maximum absolute atomic E-state index is 5.87. The molecule has 0 aliphatic carbocycles. The number of morpholine rings is 1. The van der Waals surface area contributed by atoms with Gasteiger partial charge in [0, 0.05) is 23.8 Å². The van der Waals surface area contributed by atoms with Crippen molar-refractivity contribution in [3.63, 3.8) is 0 Å². The summed E-state index contributed by atoms with van der Waals surface area (Å²) < 4.78 is 5.87. The van der Waals surface area contributed by atoms with E-state index in [2.05, 4.69) is 30.4 Å². The van der Waals surface area contributed by atoms with E-state index in [9.17, 15) is 0 Å². The average molecular weight is 345 g/mol. The van der Waals surface area contributed by atoms with E-state index in [1.54, 1.807) is 28.9 Å². The lowest BCUT2D eigenvalue weighted by molar-refractivity contribution is 0.0395. The Kier molecular flexibility index (Phi) is 4.02. The van der Waals surface area contributed by atoms with Crippen molar-refractivity contribution < 1.29 is 4.74 Å². The van der Waals surface area contributed by atoms with E-state index in [0.717, 1.165) is 39.6 Å². The van der Waals surface area contributed by atoms with Crippen LogP contribution in [0.2, 0.25) is 0 Å². The summed E-state index contributed by atoms with van der Waals surface area (Å²) in [4.78, 5) is 11.1. The van der Waals surface area contributed by atoms with E-state index in [1.807, 2.05) is 25.1 Å². The molecule has 8 heteroatoms. The second kappa shape index (κ2) is 6.31. The molecule has 0 radical (unpaired) electrons. The topological polar surface area (TPSA) is 64.0 Å². The van der Waals surface area contributed by atoms with Crippen molar-refractivity contribution in [3.05, 3.63) is 40.5 Å². The predicted octanol–water partition coefficient (Wildman–Crippen LogP) is 2.94. The van der Waals surface area contributed by atoms with Gasteiger partial charge in [0.25, 0.3) is 0 Å². The summed E-state index contributed by atoms with van der Waals surface area (Å²) in [5.74, 6) is 0. The Bertz CT molecular complexity index is 788. The minimum absolute atomic E-state index is 0.00431. The lowest BCUT2D eigenvalue weighted by Crippen LogP contribution is -2.38. The zero-order chi connectivity index (χ0) is 15.6. The monoisotopic (exact) mass is 345 g/mol. The second-order valence-corrected chi connectivity index (χ2v) is 7.08. The van der Waals surface area contributed by atoms with Crippen LogP contribution in [0.25, 0.3) is 10.7 Å². The molecule has 0 bridgehead atoms. The highest BCUT2D eigenvalue weighted by Crippen LogP contribution is 2.32. The van der Waals surface area contributed by atoms with Crippen LogP contribution in [-0.4, -0.2) is 39.9 Å². The number of nitrogens with zero attached hydrogens (tertiary/aromatic N) is 5. The van der Waals surface area contributed by atoms with E-state index in [4.69, 9.17) is 4.74 Å². The molecule has 3 aromatic heterocycles. The van der Waals surface area contributed by atoms with Gasteiger partial charge in [-0.3, -0.25) is 4.98 Å². The Morgan fingerprint density at radius 3 is 3.04 bits per heavy atom. The molecule has 3 aromatic rings. The van der Waals surface area contributed by atoms with Gasteiger partial charge in [0.1, 0.15) is 16.8 Å². The molecule has 1 fully saturated rings. The van der Waals surface area contributed by atoms with E-state index in [-0.39, 0.29) is 6.10 Å². The van der Waals surface area contributed by atoms with Gasteiger partial charge in [0.15, 0.2) is 5.01 Å². The largest absolute Gasteiger partial charge is 0.367 e. The van der Waals surface area contributed by atoms with Gasteiger partial charge in [-0.05, 0) is 19.1 Å². The Balaban J connectivity index is 1.53. The van der Waals surface area contributed by atoms with Crippen molar-refractivity contribution in [2.75, 3.05) is 24.6 Å². The average Bonchev–Trinajstić information content (AvgIpc) is 3.25. The number of hydrogen-bond acceptors (Lipinski definition) is 8. The quantitative estimate of drug-likeness (QED) is 0.727. The van der Waals surface area contributed by atoms with Crippen LogP contribution in [0.5, 0.6) is 0 Å². The maximum Gasteiger partial charge on any atom is 0.208 e. The number of pyridine rings is 1. The zero-order valence-electron chi connectivity index (χ0n) is 12.5. The van der Waals surface area contributed by atoms with Crippen LogP contribution in [0.4, 0.5) is 5.13 Å². The van der Waals surface area contributed by atoms with Crippen LogP contribution in [0, 0.1) is 6.92 Å². The number of rotatable bonds is 3. The van der Waals surface area contributed by atoms with Gasteiger partial charge in [-0.1, -0.05) is 17.4 Å². The smallest absolute Gasteiger partial charge is 0.208 e. The third-order valence-electron chi connectivity index (χ3n) is 3.55. The summed E-state index contributed by atoms with van der Waals surface area (Å²) in [7, 11) is 0. The minimum atomic E-state index is 0.00431. The predicted molar refractivity (Wildman–Crippen MR) is 90.9 cm³/mol. The molecule has 0 saturated carbocycles. The summed E-state index contributed by atoms with van der Waals surface area (Å²) >= 11 is 3.21. The fourth-order valence-corrected chi connectivity index (χ4v) is 4.12. The summed E-state index contributed by atoms with van der Waals surface area (Å²) in [6, 6.07) is 5.80. The summed E-state index contributed by atoms with van der Waals surface area (Å²) in [6.07, 6.45) is 1.77. The first-order chi connectivity index (χ1) is 11.3. The molecule has 1 aliphatic rings. The SMILES string of the molecule is Cc1csc(C2CN(c3nnc(-c4ccccn4)s3)CCO2)n1. The molecule has 1 saturated heterocycles. The van der Waals surface area contributed by atoms with Gasteiger partial charge in [0.2, 0.25) is 5.13 Å². The fourth-order valence-electron chi connectivity index (χ4n) is 2.43. The lowest BCUT2D eigenvalue weighted by atomic mass is 10.3. The zero-order valence-corrected chi connectivity index (χ0v) is 14.2.